The summed E-state index contributed by atoms with van der Waals surface area (Å²) >= 11 is 11.6. The topological polar surface area (TPSA) is 38.3 Å². The van der Waals surface area contributed by atoms with Gasteiger partial charge in [0.1, 0.15) is 5.75 Å². The summed E-state index contributed by atoms with van der Waals surface area (Å²) in [6, 6.07) is 6.97. The third kappa shape index (κ3) is 5.70. The monoisotopic (exact) mass is 303 g/mol. The van der Waals surface area contributed by atoms with E-state index in [-0.39, 0.29) is 11.4 Å². The zero-order valence-corrected chi connectivity index (χ0v) is 12.9. The number of carbonyl (C=O) groups excluding carboxylic acids is 1. The van der Waals surface area contributed by atoms with Gasteiger partial charge in [-0.2, -0.15) is 0 Å². The van der Waals surface area contributed by atoms with Gasteiger partial charge in [0.15, 0.2) is 6.10 Å². The molecule has 5 heteroatoms. The molecule has 0 fully saturated rings. The van der Waals surface area contributed by atoms with Gasteiger partial charge in [0.2, 0.25) is 0 Å². The number of nitrogens with one attached hydrogen (secondary N) is 1. The van der Waals surface area contributed by atoms with Crippen molar-refractivity contribution in [3.05, 3.63) is 29.3 Å². The summed E-state index contributed by atoms with van der Waals surface area (Å²) in [5.74, 6) is 0.900. The highest BCUT2D eigenvalue weighted by Gasteiger charge is 2.23. The van der Waals surface area contributed by atoms with Gasteiger partial charge < -0.3 is 10.1 Å². The van der Waals surface area contributed by atoms with Crippen molar-refractivity contribution in [1.29, 1.82) is 0 Å². The minimum Gasteiger partial charge on any atom is -0.481 e. The third-order valence-corrected chi connectivity index (χ3v) is 3.08. The molecule has 0 aliphatic heterocycles. The second-order valence-corrected chi connectivity index (χ2v) is 5.84. The van der Waals surface area contributed by atoms with E-state index in [1.807, 2.05) is 13.8 Å². The standard InChI is InChI=1S/C14H19Cl2NO2/c1-10(13(18)17-14(2,3)7-8-15)19-12-6-4-5-11(16)9-12/h4-6,9-10H,7-8H2,1-3H3,(H,17,18). The minimum absolute atomic E-state index is 0.171. The average Bonchev–Trinajstić information content (AvgIpc) is 2.27. The molecule has 0 bridgehead atoms. The number of rotatable bonds is 6. The van der Waals surface area contributed by atoms with Crippen LogP contribution in [0.3, 0.4) is 0 Å². The summed E-state index contributed by atoms with van der Waals surface area (Å²) in [5, 5.41) is 3.49. The van der Waals surface area contributed by atoms with Gasteiger partial charge >= 0.3 is 0 Å². The third-order valence-electron chi connectivity index (χ3n) is 2.66. The molecule has 1 aromatic carbocycles. The van der Waals surface area contributed by atoms with Crippen LogP contribution in [0.1, 0.15) is 27.2 Å². The molecule has 1 aromatic rings. The van der Waals surface area contributed by atoms with Gasteiger partial charge in [-0.05, 0) is 45.4 Å². The Bertz CT molecular complexity index is 435. The van der Waals surface area contributed by atoms with Gasteiger partial charge in [-0.1, -0.05) is 17.7 Å². The van der Waals surface area contributed by atoms with Crippen molar-refractivity contribution in [2.45, 2.75) is 38.8 Å². The molecule has 19 heavy (non-hydrogen) atoms. The highest BCUT2D eigenvalue weighted by atomic mass is 35.5. The predicted molar refractivity (Wildman–Crippen MR) is 79.1 cm³/mol. The number of amides is 1. The molecule has 0 aromatic heterocycles. The van der Waals surface area contributed by atoms with Crippen molar-refractivity contribution in [1.82, 2.24) is 5.32 Å². The first kappa shape index (κ1) is 16.1. The average molecular weight is 304 g/mol. The number of carbonyl (C=O) groups is 1. The van der Waals surface area contributed by atoms with Gasteiger partial charge in [-0.3, -0.25) is 4.79 Å². The lowest BCUT2D eigenvalue weighted by molar-refractivity contribution is -0.128. The van der Waals surface area contributed by atoms with Crippen LogP contribution in [0.4, 0.5) is 0 Å². The Morgan fingerprint density at radius 1 is 1.47 bits per heavy atom. The van der Waals surface area contributed by atoms with E-state index in [0.29, 0.717) is 23.1 Å². The van der Waals surface area contributed by atoms with Crippen LogP contribution in [0.25, 0.3) is 0 Å². The van der Waals surface area contributed by atoms with Crippen LogP contribution in [0, 0.1) is 0 Å². The van der Waals surface area contributed by atoms with E-state index >= 15 is 0 Å². The molecule has 1 amide bonds. The normalized spacial score (nSPS) is 12.9. The zero-order valence-electron chi connectivity index (χ0n) is 11.4. The number of hydrogen-bond donors (Lipinski definition) is 1. The van der Waals surface area contributed by atoms with E-state index in [1.165, 1.54) is 0 Å². The van der Waals surface area contributed by atoms with Crippen LogP contribution >= 0.6 is 23.2 Å². The summed E-state index contributed by atoms with van der Waals surface area (Å²) in [5.41, 5.74) is -0.342. The molecule has 0 saturated carbocycles. The van der Waals surface area contributed by atoms with E-state index < -0.39 is 6.10 Å². The summed E-state index contributed by atoms with van der Waals surface area (Å²) in [4.78, 5) is 12.0. The first-order valence-electron chi connectivity index (χ1n) is 6.14. The van der Waals surface area contributed by atoms with Crippen LogP contribution in [0.5, 0.6) is 5.75 Å². The smallest absolute Gasteiger partial charge is 0.261 e. The van der Waals surface area contributed by atoms with Crippen molar-refractivity contribution in [3.8, 4) is 5.75 Å². The molecule has 1 atom stereocenters. The van der Waals surface area contributed by atoms with Crippen LogP contribution in [-0.4, -0.2) is 23.4 Å². The molecule has 1 rings (SSSR count). The molecule has 1 unspecified atom stereocenters. The minimum atomic E-state index is -0.590. The van der Waals surface area contributed by atoms with E-state index in [9.17, 15) is 4.79 Å². The molecule has 0 aliphatic carbocycles. The Morgan fingerprint density at radius 2 is 2.16 bits per heavy atom. The SMILES string of the molecule is CC(Oc1cccc(Cl)c1)C(=O)NC(C)(C)CCCl. The molecule has 3 nitrogen and oxygen atoms in total. The Kier molecular flexibility index (Phi) is 5.95. The lowest BCUT2D eigenvalue weighted by Gasteiger charge is -2.27. The lowest BCUT2D eigenvalue weighted by atomic mass is 10.0. The number of benzene rings is 1. The molecule has 0 aliphatic rings. The second kappa shape index (κ2) is 7.01. The summed E-state index contributed by atoms with van der Waals surface area (Å²) in [6.45, 7) is 5.56. The van der Waals surface area contributed by atoms with Crippen LogP contribution < -0.4 is 10.1 Å². The summed E-state index contributed by atoms with van der Waals surface area (Å²) in [6.07, 6.45) is 0.109. The zero-order chi connectivity index (χ0) is 14.5. The van der Waals surface area contributed by atoms with E-state index in [1.54, 1.807) is 31.2 Å². The van der Waals surface area contributed by atoms with Gasteiger partial charge in [0.05, 0.1) is 0 Å². The largest absolute Gasteiger partial charge is 0.481 e. The van der Waals surface area contributed by atoms with Crippen molar-refractivity contribution in [2.24, 2.45) is 0 Å². The van der Waals surface area contributed by atoms with Crippen molar-refractivity contribution in [3.63, 3.8) is 0 Å². The molecule has 106 valence electrons. The van der Waals surface area contributed by atoms with Crippen molar-refractivity contribution >= 4 is 29.1 Å². The number of halogens is 2. The predicted octanol–water partition coefficient (Wildman–Crippen LogP) is 3.63. The number of alkyl halides is 1. The highest BCUT2D eigenvalue weighted by Crippen LogP contribution is 2.18. The van der Waals surface area contributed by atoms with Gasteiger partial charge in [0.25, 0.3) is 5.91 Å². The fraction of sp³-hybridized carbons (Fsp3) is 0.500. The van der Waals surface area contributed by atoms with Crippen molar-refractivity contribution in [2.75, 3.05) is 5.88 Å². The Labute approximate surface area is 124 Å². The summed E-state index contributed by atoms with van der Waals surface area (Å²) in [7, 11) is 0. The first-order valence-corrected chi connectivity index (χ1v) is 7.05. The van der Waals surface area contributed by atoms with Crippen LogP contribution in [0.2, 0.25) is 5.02 Å². The fourth-order valence-corrected chi connectivity index (χ4v) is 2.18. The lowest BCUT2D eigenvalue weighted by Crippen LogP contribution is -2.48. The van der Waals surface area contributed by atoms with Crippen LogP contribution in [-0.2, 0) is 4.79 Å². The summed E-state index contributed by atoms with van der Waals surface area (Å²) < 4.78 is 5.55. The molecular formula is C14H19Cl2NO2. The highest BCUT2D eigenvalue weighted by molar-refractivity contribution is 6.30. The maximum Gasteiger partial charge on any atom is 0.261 e. The molecule has 0 spiro atoms. The number of ether oxygens (including phenoxy) is 1. The Hall–Kier alpha value is -0.930. The molecular weight excluding hydrogens is 285 g/mol. The first-order chi connectivity index (χ1) is 8.84. The van der Waals surface area contributed by atoms with Gasteiger partial charge in [-0.25, -0.2) is 0 Å². The van der Waals surface area contributed by atoms with E-state index in [4.69, 9.17) is 27.9 Å². The molecule has 1 N–H and O–H groups in total. The number of hydrogen-bond acceptors (Lipinski definition) is 2. The quantitative estimate of drug-likeness (QED) is 0.815. The fourth-order valence-electron chi connectivity index (χ4n) is 1.53. The Morgan fingerprint density at radius 3 is 2.74 bits per heavy atom. The van der Waals surface area contributed by atoms with Gasteiger partial charge in [-0.15, -0.1) is 11.6 Å². The maximum atomic E-state index is 12.0. The maximum absolute atomic E-state index is 12.0. The van der Waals surface area contributed by atoms with E-state index in [2.05, 4.69) is 5.32 Å². The Balaban J connectivity index is 2.58. The molecule has 0 radical (unpaired) electrons. The van der Waals surface area contributed by atoms with Crippen molar-refractivity contribution < 1.29 is 9.53 Å². The van der Waals surface area contributed by atoms with E-state index in [0.717, 1.165) is 0 Å². The van der Waals surface area contributed by atoms with Gasteiger partial charge in [0, 0.05) is 16.4 Å². The molecule has 0 heterocycles. The molecule has 0 saturated heterocycles. The second-order valence-electron chi connectivity index (χ2n) is 5.03. The van der Waals surface area contributed by atoms with Crippen LogP contribution in [0.15, 0.2) is 24.3 Å².